The molecule has 2 N–H and O–H groups in total. The van der Waals surface area contributed by atoms with Crippen LogP contribution in [0.5, 0.6) is 0 Å². The zero-order valence-electron chi connectivity index (χ0n) is 13.4. The molecule has 1 atom stereocenters. The lowest BCUT2D eigenvalue weighted by Gasteiger charge is -2.27. The topological polar surface area (TPSA) is 62.2 Å². The molecular weight excluding hydrogens is 324 g/mol. The highest BCUT2D eigenvalue weighted by Gasteiger charge is 2.27. The number of amides is 1. The second kappa shape index (κ2) is 7.77. The summed E-state index contributed by atoms with van der Waals surface area (Å²) in [5, 5.41) is 13.5. The normalized spacial score (nSPS) is 21.9. The monoisotopic (exact) mass is 344 g/mol. The molecule has 1 aromatic carbocycles. The van der Waals surface area contributed by atoms with E-state index in [1.54, 1.807) is 12.4 Å². The van der Waals surface area contributed by atoms with Gasteiger partial charge in [0.1, 0.15) is 0 Å². The summed E-state index contributed by atoms with van der Waals surface area (Å²) in [4.78, 5) is 16.7. The molecule has 1 saturated carbocycles. The molecule has 0 radical (unpaired) electrons. The van der Waals surface area contributed by atoms with Crippen LogP contribution in [-0.4, -0.2) is 22.1 Å². The number of pyridine rings is 1. The highest BCUT2D eigenvalue weighted by Crippen LogP contribution is 2.27. The quantitative estimate of drug-likeness (QED) is 0.892. The van der Waals surface area contributed by atoms with Crippen LogP contribution in [-0.2, 0) is 4.79 Å². The molecule has 1 aromatic heterocycles. The van der Waals surface area contributed by atoms with Crippen LogP contribution in [0, 0.1) is 5.92 Å². The Morgan fingerprint density at radius 2 is 1.62 bits per heavy atom. The number of carbonyl (C=O) groups excluding carboxylic acids is 1. The summed E-state index contributed by atoms with van der Waals surface area (Å²) in [5.74, 6) is 0.00343. The molecule has 5 heteroatoms. The first-order chi connectivity index (χ1) is 11.6. The second-order valence-corrected chi connectivity index (χ2v) is 6.72. The summed E-state index contributed by atoms with van der Waals surface area (Å²) in [6, 6.07) is 11.1. The minimum Gasteiger partial charge on any atom is -0.393 e. The van der Waals surface area contributed by atoms with E-state index in [9.17, 15) is 9.90 Å². The predicted octanol–water partition coefficient (Wildman–Crippen LogP) is 3.49. The van der Waals surface area contributed by atoms with Gasteiger partial charge in [0, 0.05) is 23.3 Å². The smallest absolute Gasteiger partial charge is 0.223 e. The molecule has 3 rings (SSSR count). The van der Waals surface area contributed by atoms with E-state index in [1.807, 2.05) is 36.4 Å². The van der Waals surface area contributed by atoms with Gasteiger partial charge in [0.05, 0.1) is 12.1 Å². The second-order valence-electron chi connectivity index (χ2n) is 6.28. The van der Waals surface area contributed by atoms with Gasteiger partial charge in [-0.15, -0.1) is 0 Å². The molecule has 1 amide bonds. The molecule has 0 unspecified atom stereocenters. The number of aliphatic hydroxyl groups is 1. The van der Waals surface area contributed by atoms with Gasteiger partial charge >= 0.3 is 0 Å². The van der Waals surface area contributed by atoms with Crippen molar-refractivity contribution in [3.8, 4) is 0 Å². The number of rotatable bonds is 4. The Labute approximate surface area is 146 Å². The number of aliphatic hydroxyl groups excluding tert-OH is 1. The maximum Gasteiger partial charge on any atom is 0.223 e. The number of benzene rings is 1. The van der Waals surface area contributed by atoms with Gasteiger partial charge in [-0.3, -0.25) is 9.78 Å². The van der Waals surface area contributed by atoms with E-state index >= 15 is 0 Å². The number of hydrogen-bond donors (Lipinski definition) is 2. The lowest BCUT2D eigenvalue weighted by molar-refractivity contribution is -0.127. The van der Waals surface area contributed by atoms with Crippen LogP contribution >= 0.6 is 11.6 Å². The van der Waals surface area contributed by atoms with Crippen molar-refractivity contribution in [3.63, 3.8) is 0 Å². The van der Waals surface area contributed by atoms with Crippen molar-refractivity contribution in [1.82, 2.24) is 10.3 Å². The predicted molar refractivity (Wildman–Crippen MR) is 93.6 cm³/mol. The van der Waals surface area contributed by atoms with Gasteiger partial charge < -0.3 is 10.4 Å². The highest BCUT2D eigenvalue weighted by molar-refractivity contribution is 6.30. The van der Waals surface area contributed by atoms with E-state index in [0.717, 1.165) is 24.0 Å². The molecule has 1 aliphatic carbocycles. The summed E-state index contributed by atoms with van der Waals surface area (Å²) < 4.78 is 0. The fourth-order valence-corrected chi connectivity index (χ4v) is 3.29. The van der Waals surface area contributed by atoms with Crippen molar-refractivity contribution in [2.45, 2.75) is 37.8 Å². The van der Waals surface area contributed by atoms with Crippen molar-refractivity contribution in [2.75, 3.05) is 0 Å². The maximum absolute atomic E-state index is 12.7. The Hall–Kier alpha value is -1.91. The van der Waals surface area contributed by atoms with Crippen LogP contribution in [0.25, 0.3) is 0 Å². The lowest BCUT2D eigenvalue weighted by atomic mass is 9.86. The minimum absolute atomic E-state index is 0.0370. The summed E-state index contributed by atoms with van der Waals surface area (Å²) >= 11 is 5.98. The van der Waals surface area contributed by atoms with Gasteiger partial charge in [-0.25, -0.2) is 0 Å². The van der Waals surface area contributed by atoms with Gasteiger partial charge in [0.2, 0.25) is 5.91 Å². The molecule has 1 aliphatic rings. The Balaban J connectivity index is 1.80. The average Bonchev–Trinajstić information content (AvgIpc) is 2.62. The summed E-state index contributed by atoms with van der Waals surface area (Å²) in [7, 11) is 0. The molecule has 126 valence electrons. The van der Waals surface area contributed by atoms with Crippen LogP contribution in [0.4, 0.5) is 0 Å². The minimum atomic E-state index is -0.263. The third-order valence-corrected chi connectivity index (χ3v) is 4.85. The number of nitrogens with zero attached hydrogens (tertiary/aromatic N) is 1. The van der Waals surface area contributed by atoms with Crippen molar-refractivity contribution in [3.05, 3.63) is 64.9 Å². The number of aromatic nitrogens is 1. The molecule has 1 heterocycles. The Morgan fingerprint density at radius 1 is 1.04 bits per heavy atom. The van der Waals surface area contributed by atoms with Crippen LogP contribution in [0.2, 0.25) is 5.02 Å². The largest absolute Gasteiger partial charge is 0.393 e. The molecule has 24 heavy (non-hydrogen) atoms. The number of halogens is 1. The molecule has 0 saturated heterocycles. The first kappa shape index (κ1) is 16.9. The van der Waals surface area contributed by atoms with E-state index in [-0.39, 0.29) is 24.0 Å². The standard InChI is InChI=1S/C19H21ClN2O2/c20-16-5-1-13(2-6-16)18(14-9-11-21-12-10-14)22-19(24)15-3-7-17(23)8-4-15/h1-2,5-6,9-12,15,17-18,23H,3-4,7-8H2,(H,22,24)/t15?,17?,18-/m0/s1. The van der Waals surface area contributed by atoms with E-state index in [4.69, 9.17) is 11.6 Å². The summed E-state index contributed by atoms with van der Waals surface area (Å²) in [6.07, 6.45) is 6.04. The molecule has 0 spiro atoms. The number of carbonyl (C=O) groups is 1. The van der Waals surface area contributed by atoms with Crippen LogP contribution in [0.15, 0.2) is 48.8 Å². The van der Waals surface area contributed by atoms with E-state index in [0.29, 0.717) is 17.9 Å². The molecule has 1 fully saturated rings. The number of hydrogen-bond acceptors (Lipinski definition) is 3. The van der Waals surface area contributed by atoms with Crippen molar-refractivity contribution in [2.24, 2.45) is 5.92 Å². The van der Waals surface area contributed by atoms with Crippen molar-refractivity contribution >= 4 is 17.5 Å². The zero-order valence-corrected chi connectivity index (χ0v) is 14.1. The Kier molecular flexibility index (Phi) is 5.48. The first-order valence-electron chi connectivity index (χ1n) is 8.27. The van der Waals surface area contributed by atoms with E-state index in [1.165, 1.54) is 0 Å². The fourth-order valence-electron chi connectivity index (χ4n) is 3.17. The van der Waals surface area contributed by atoms with Gasteiger partial charge in [-0.1, -0.05) is 23.7 Å². The number of nitrogens with one attached hydrogen (secondary N) is 1. The van der Waals surface area contributed by atoms with Crippen molar-refractivity contribution < 1.29 is 9.90 Å². The van der Waals surface area contributed by atoms with Crippen molar-refractivity contribution in [1.29, 1.82) is 0 Å². The average molecular weight is 345 g/mol. The third kappa shape index (κ3) is 4.13. The Morgan fingerprint density at radius 3 is 2.25 bits per heavy atom. The van der Waals surface area contributed by atoms with Crippen LogP contribution in [0.3, 0.4) is 0 Å². The zero-order chi connectivity index (χ0) is 16.9. The SMILES string of the molecule is O=C(N[C@H](c1ccncc1)c1ccc(Cl)cc1)C1CCC(O)CC1. The molecule has 0 bridgehead atoms. The molecular formula is C19H21ClN2O2. The Bertz CT molecular complexity index is 668. The van der Waals surface area contributed by atoms with Gasteiger partial charge in [0.25, 0.3) is 0 Å². The van der Waals surface area contributed by atoms with Crippen LogP contribution < -0.4 is 5.32 Å². The molecule has 2 aromatic rings. The first-order valence-corrected chi connectivity index (χ1v) is 8.65. The van der Waals surface area contributed by atoms with E-state index in [2.05, 4.69) is 10.3 Å². The van der Waals surface area contributed by atoms with Crippen LogP contribution in [0.1, 0.15) is 42.9 Å². The van der Waals surface area contributed by atoms with E-state index < -0.39 is 0 Å². The lowest BCUT2D eigenvalue weighted by Crippen LogP contribution is -2.37. The highest BCUT2D eigenvalue weighted by atomic mass is 35.5. The molecule has 4 nitrogen and oxygen atoms in total. The van der Waals surface area contributed by atoms with Gasteiger partial charge in [-0.2, -0.15) is 0 Å². The summed E-state index contributed by atoms with van der Waals surface area (Å²) in [5.41, 5.74) is 1.96. The van der Waals surface area contributed by atoms with Gasteiger partial charge in [-0.05, 0) is 61.1 Å². The van der Waals surface area contributed by atoms with Gasteiger partial charge in [0.15, 0.2) is 0 Å². The summed E-state index contributed by atoms with van der Waals surface area (Å²) in [6.45, 7) is 0. The third-order valence-electron chi connectivity index (χ3n) is 4.60. The molecule has 0 aliphatic heterocycles. The fraction of sp³-hybridized carbons (Fsp3) is 0.368. The maximum atomic E-state index is 12.7.